The topological polar surface area (TPSA) is 40.5 Å². The van der Waals surface area contributed by atoms with Gasteiger partial charge in [0, 0.05) is 28.7 Å². The van der Waals surface area contributed by atoms with Crippen LogP contribution in [0.3, 0.4) is 0 Å². The van der Waals surface area contributed by atoms with Crippen LogP contribution in [0.4, 0.5) is 5.69 Å². The zero-order valence-electron chi connectivity index (χ0n) is 10.9. The molecule has 3 rings (SSSR count). The number of rotatable bonds is 4. The molecule has 102 valence electrons. The summed E-state index contributed by atoms with van der Waals surface area (Å²) in [7, 11) is 0. The predicted octanol–water partition coefficient (Wildman–Crippen LogP) is 3.56. The Hall–Kier alpha value is -1.03. The number of carboxylic acid groups (broad SMARTS) is 1. The van der Waals surface area contributed by atoms with Crippen LogP contribution in [-0.4, -0.2) is 24.2 Å². The molecule has 2 fully saturated rings. The van der Waals surface area contributed by atoms with Crippen molar-refractivity contribution in [1.29, 1.82) is 0 Å². The highest BCUT2D eigenvalue weighted by atomic mass is 79.9. The molecule has 1 N–H and O–H groups in total. The van der Waals surface area contributed by atoms with E-state index in [0.717, 1.165) is 30.4 Å². The summed E-state index contributed by atoms with van der Waals surface area (Å²) in [5.74, 6) is -0.694. The smallest absolute Gasteiger partial charge is 0.304 e. The minimum absolute atomic E-state index is 0.135. The molecule has 4 heteroatoms. The highest BCUT2D eigenvalue weighted by Crippen LogP contribution is 2.56. The Balaban J connectivity index is 2.02. The first-order chi connectivity index (χ1) is 9.12. The van der Waals surface area contributed by atoms with Crippen molar-refractivity contribution >= 4 is 27.6 Å². The van der Waals surface area contributed by atoms with Gasteiger partial charge in [-0.3, -0.25) is 4.79 Å². The zero-order valence-corrected chi connectivity index (χ0v) is 12.4. The first-order valence-electron chi connectivity index (χ1n) is 6.88. The highest BCUT2D eigenvalue weighted by molar-refractivity contribution is 9.10. The molecule has 0 atom stereocenters. The molecule has 1 aromatic rings. The summed E-state index contributed by atoms with van der Waals surface area (Å²) in [6.45, 7) is 2.18. The second-order valence-electron chi connectivity index (χ2n) is 5.68. The van der Waals surface area contributed by atoms with Gasteiger partial charge >= 0.3 is 5.97 Å². The van der Waals surface area contributed by atoms with E-state index in [9.17, 15) is 4.79 Å². The lowest BCUT2D eigenvalue weighted by Crippen LogP contribution is -2.23. The normalized spacial score (nSPS) is 20.6. The summed E-state index contributed by atoms with van der Waals surface area (Å²) in [4.78, 5) is 13.5. The third-order valence-corrected chi connectivity index (χ3v) is 4.97. The van der Waals surface area contributed by atoms with Crippen LogP contribution in [0.5, 0.6) is 0 Å². The van der Waals surface area contributed by atoms with E-state index in [1.54, 1.807) is 0 Å². The lowest BCUT2D eigenvalue weighted by Gasteiger charge is -2.26. The van der Waals surface area contributed by atoms with Gasteiger partial charge in [-0.25, -0.2) is 0 Å². The van der Waals surface area contributed by atoms with Crippen molar-refractivity contribution in [3.05, 3.63) is 28.2 Å². The third-order valence-electron chi connectivity index (χ3n) is 4.31. The monoisotopic (exact) mass is 323 g/mol. The molecule has 0 unspecified atom stereocenters. The van der Waals surface area contributed by atoms with Crippen molar-refractivity contribution in [2.45, 2.75) is 37.5 Å². The standard InChI is InChI=1S/C15H18BrNO2/c16-11-4-3-5-12(17-8-1-2-9-17)14(11)15(6-7-15)10-13(18)19/h3-5H,1-2,6-10H2,(H,18,19). The van der Waals surface area contributed by atoms with Gasteiger partial charge in [0.1, 0.15) is 0 Å². The summed E-state index contributed by atoms with van der Waals surface area (Å²) in [5, 5.41) is 9.17. The van der Waals surface area contributed by atoms with E-state index in [4.69, 9.17) is 5.11 Å². The van der Waals surface area contributed by atoms with Crippen LogP contribution in [0, 0.1) is 0 Å². The van der Waals surface area contributed by atoms with E-state index in [2.05, 4.69) is 33.0 Å². The van der Waals surface area contributed by atoms with Gasteiger partial charge < -0.3 is 10.0 Å². The van der Waals surface area contributed by atoms with Crippen LogP contribution in [-0.2, 0) is 10.2 Å². The number of carboxylic acids is 1. The molecule has 3 nitrogen and oxygen atoms in total. The third kappa shape index (κ3) is 2.38. The van der Waals surface area contributed by atoms with E-state index in [-0.39, 0.29) is 11.8 Å². The Morgan fingerprint density at radius 2 is 2.00 bits per heavy atom. The van der Waals surface area contributed by atoms with Crippen LogP contribution in [0.2, 0.25) is 0 Å². The van der Waals surface area contributed by atoms with Gasteiger partial charge in [0.25, 0.3) is 0 Å². The van der Waals surface area contributed by atoms with E-state index in [0.29, 0.717) is 0 Å². The van der Waals surface area contributed by atoms with E-state index >= 15 is 0 Å². The van der Waals surface area contributed by atoms with Crippen molar-refractivity contribution < 1.29 is 9.90 Å². The molecule has 1 heterocycles. The quantitative estimate of drug-likeness (QED) is 0.921. The van der Waals surface area contributed by atoms with Crippen LogP contribution in [0.1, 0.15) is 37.7 Å². The summed E-state index contributed by atoms with van der Waals surface area (Å²) >= 11 is 3.64. The number of aliphatic carboxylic acids is 1. The van der Waals surface area contributed by atoms with Crippen LogP contribution < -0.4 is 4.90 Å². The molecule has 0 spiro atoms. The highest BCUT2D eigenvalue weighted by Gasteiger charge is 2.49. The maximum Gasteiger partial charge on any atom is 0.304 e. The van der Waals surface area contributed by atoms with Crippen molar-refractivity contribution in [2.24, 2.45) is 0 Å². The van der Waals surface area contributed by atoms with Crippen LogP contribution >= 0.6 is 15.9 Å². The SMILES string of the molecule is O=C(O)CC1(c2c(Br)cccc2N2CCCC2)CC1. The first-order valence-corrected chi connectivity index (χ1v) is 7.67. The molecule has 1 aliphatic carbocycles. The Kier molecular flexibility index (Phi) is 3.29. The fraction of sp³-hybridized carbons (Fsp3) is 0.533. The van der Waals surface area contributed by atoms with Gasteiger partial charge in [-0.2, -0.15) is 0 Å². The van der Waals surface area contributed by atoms with Crippen molar-refractivity contribution in [3.63, 3.8) is 0 Å². The number of nitrogens with zero attached hydrogens (tertiary/aromatic N) is 1. The van der Waals surface area contributed by atoms with Gasteiger partial charge in [0.2, 0.25) is 0 Å². The largest absolute Gasteiger partial charge is 0.481 e. The lowest BCUT2D eigenvalue weighted by molar-refractivity contribution is -0.137. The first kappa shape index (κ1) is 13.0. The number of hydrogen-bond acceptors (Lipinski definition) is 2. The van der Waals surface area contributed by atoms with Gasteiger partial charge in [0.05, 0.1) is 6.42 Å². The molecule has 0 aromatic heterocycles. The fourth-order valence-electron chi connectivity index (χ4n) is 3.21. The number of benzene rings is 1. The molecule has 0 amide bonds. The average Bonchev–Trinajstić information content (AvgIpc) is 2.92. The Bertz CT molecular complexity index is 505. The molecule has 1 saturated heterocycles. The molecule has 0 bridgehead atoms. The number of anilines is 1. The molecular weight excluding hydrogens is 306 g/mol. The molecule has 1 aromatic carbocycles. The van der Waals surface area contributed by atoms with Gasteiger partial charge in [-0.05, 0) is 43.4 Å². The summed E-state index contributed by atoms with van der Waals surface area (Å²) < 4.78 is 1.07. The Labute approximate surface area is 121 Å². The number of carbonyl (C=O) groups is 1. The van der Waals surface area contributed by atoms with Crippen LogP contribution in [0.25, 0.3) is 0 Å². The Morgan fingerprint density at radius 3 is 2.58 bits per heavy atom. The number of hydrogen-bond donors (Lipinski definition) is 1. The minimum Gasteiger partial charge on any atom is -0.481 e. The second kappa shape index (κ2) is 4.82. The van der Waals surface area contributed by atoms with E-state index < -0.39 is 5.97 Å². The summed E-state index contributed by atoms with van der Waals surface area (Å²) in [5.41, 5.74) is 2.33. The molecule has 2 aliphatic rings. The molecular formula is C15H18BrNO2. The number of halogens is 1. The maximum atomic E-state index is 11.1. The fourth-order valence-corrected chi connectivity index (χ4v) is 3.99. The molecule has 0 radical (unpaired) electrons. The molecule has 19 heavy (non-hydrogen) atoms. The van der Waals surface area contributed by atoms with Crippen LogP contribution in [0.15, 0.2) is 22.7 Å². The minimum atomic E-state index is -0.694. The maximum absolute atomic E-state index is 11.1. The summed E-state index contributed by atoms with van der Waals surface area (Å²) in [6, 6.07) is 6.24. The second-order valence-corrected chi connectivity index (χ2v) is 6.53. The van der Waals surface area contributed by atoms with E-state index in [1.165, 1.54) is 24.1 Å². The van der Waals surface area contributed by atoms with Crippen molar-refractivity contribution in [1.82, 2.24) is 0 Å². The lowest BCUT2D eigenvalue weighted by atomic mass is 9.90. The predicted molar refractivity (Wildman–Crippen MR) is 78.8 cm³/mol. The Morgan fingerprint density at radius 1 is 1.32 bits per heavy atom. The summed E-state index contributed by atoms with van der Waals surface area (Å²) in [6.07, 6.45) is 4.69. The van der Waals surface area contributed by atoms with Gasteiger partial charge in [0.15, 0.2) is 0 Å². The van der Waals surface area contributed by atoms with Gasteiger partial charge in [-0.15, -0.1) is 0 Å². The van der Waals surface area contributed by atoms with E-state index in [1.807, 2.05) is 6.07 Å². The van der Waals surface area contributed by atoms with Crippen molar-refractivity contribution in [3.8, 4) is 0 Å². The average molecular weight is 324 g/mol. The molecule has 1 aliphatic heterocycles. The van der Waals surface area contributed by atoms with Crippen molar-refractivity contribution in [2.75, 3.05) is 18.0 Å². The molecule has 1 saturated carbocycles. The zero-order chi connectivity index (χ0) is 13.5. The van der Waals surface area contributed by atoms with Gasteiger partial charge in [-0.1, -0.05) is 22.0 Å².